The Balaban J connectivity index is 1.54. The molecule has 0 bridgehead atoms. The van der Waals surface area contributed by atoms with Gasteiger partial charge in [-0.1, -0.05) is 40.9 Å². The van der Waals surface area contributed by atoms with Gasteiger partial charge in [0, 0.05) is 21.7 Å². The lowest BCUT2D eigenvalue weighted by Crippen LogP contribution is -2.18. The summed E-state index contributed by atoms with van der Waals surface area (Å²) in [5.74, 6) is -4.68. The molecule has 4 nitrogen and oxygen atoms in total. The van der Waals surface area contributed by atoms with Crippen molar-refractivity contribution in [2.75, 3.05) is 10.6 Å². The summed E-state index contributed by atoms with van der Waals surface area (Å²) in [6.07, 6.45) is 0. The second-order valence-corrected chi connectivity index (χ2v) is 10.6. The van der Waals surface area contributed by atoms with Gasteiger partial charge in [-0.3, -0.25) is 9.59 Å². The molecule has 0 saturated heterocycles. The quantitative estimate of drug-likeness (QED) is 0.301. The summed E-state index contributed by atoms with van der Waals surface area (Å²) >= 11 is 31.3. The van der Waals surface area contributed by atoms with Crippen LogP contribution < -0.4 is 10.6 Å². The number of rotatable bonds is 5. The van der Waals surface area contributed by atoms with Gasteiger partial charge in [0.1, 0.15) is 21.7 Å². The van der Waals surface area contributed by atoms with E-state index in [1.807, 2.05) is 0 Å². The maximum Gasteiger partial charge on any atom is 0.257 e. The first-order chi connectivity index (χ1) is 16.4. The number of alkyl halides is 2. The number of hydrogen-bond acceptors (Lipinski definition) is 2. The number of carbonyl (C=O) groups excluding carboxylic acids is 2. The number of anilines is 2. The first-order valence-corrected chi connectivity index (χ1v) is 12.0. The number of hydrogen-bond donors (Lipinski definition) is 2. The lowest BCUT2D eigenvalue weighted by Gasteiger charge is -2.11. The van der Waals surface area contributed by atoms with Crippen molar-refractivity contribution < 1.29 is 18.4 Å². The molecule has 0 spiro atoms. The summed E-state index contributed by atoms with van der Waals surface area (Å²) in [6, 6.07) is 10.6. The normalized spacial score (nSPS) is 18.2. The van der Waals surface area contributed by atoms with Crippen molar-refractivity contribution in [1.29, 1.82) is 0 Å². The van der Waals surface area contributed by atoms with Crippen molar-refractivity contribution in [2.24, 2.45) is 5.92 Å². The predicted octanol–water partition coefficient (Wildman–Crippen LogP) is 8.01. The van der Waals surface area contributed by atoms with Gasteiger partial charge in [-0.15, -0.1) is 23.2 Å². The van der Waals surface area contributed by atoms with Crippen LogP contribution in [0.5, 0.6) is 0 Å². The van der Waals surface area contributed by atoms with Gasteiger partial charge in [-0.05, 0) is 60.5 Å². The van der Waals surface area contributed by atoms with Crippen LogP contribution in [0.2, 0.25) is 15.1 Å². The molecule has 3 aromatic rings. The molecule has 0 heterocycles. The monoisotopic (exact) mass is 576 g/mol. The highest BCUT2D eigenvalue weighted by atomic mass is 35.5. The molecule has 2 N–H and O–H groups in total. The first-order valence-electron chi connectivity index (χ1n) is 10.1. The molecule has 1 fully saturated rings. The third kappa shape index (κ3) is 5.09. The van der Waals surface area contributed by atoms with Gasteiger partial charge < -0.3 is 10.6 Å². The second kappa shape index (κ2) is 9.75. The van der Waals surface area contributed by atoms with Crippen LogP contribution in [-0.4, -0.2) is 16.1 Å². The van der Waals surface area contributed by atoms with E-state index in [0.29, 0.717) is 21.2 Å². The van der Waals surface area contributed by atoms with E-state index in [9.17, 15) is 18.4 Å². The van der Waals surface area contributed by atoms with Crippen LogP contribution in [0, 0.1) is 24.5 Å². The van der Waals surface area contributed by atoms with E-state index in [1.54, 1.807) is 19.1 Å². The highest BCUT2D eigenvalue weighted by Gasteiger charge is 2.67. The second-order valence-electron chi connectivity index (χ2n) is 7.97. The smallest absolute Gasteiger partial charge is 0.257 e. The Morgan fingerprint density at radius 2 is 1.49 bits per heavy atom. The van der Waals surface area contributed by atoms with Gasteiger partial charge >= 0.3 is 0 Å². The van der Waals surface area contributed by atoms with Crippen LogP contribution in [0.1, 0.15) is 27.4 Å². The summed E-state index contributed by atoms with van der Waals surface area (Å²) in [5.41, 5.74) is 0.774. The van der Waals surface area contributed by atoms with Gasteiger partial charge in [0.15, 0.2) is 0 Å². The Morgan fingerprint density at radius 1 is 0.886 bits per heavy atom. The van der Waals surface area contributed by atoms with Crippen molar-refractivity contribution in [3.05, 3.63) is 91.9 Å². The maximum atomic E-state index is 13.9. The predicted molar refractivity (Wildman–Crippen MR) is 136 cm³/mol. The topological polar surface area (TPSA) is 58.2 Å². The summed E-state index contributed by atoms with van der Waals surface area (Å²) in [5, 5.41) is 5.65. The number of para-hydroxylation sites is 1. The first kappa shape index (κ1) is 26.0. The lowest BCUT2D eigenvalue weighted by atomic mass is 10.1. The molecule has 2 amide bonds. The molecule has 1 aliphatic rings. The molecular formula is C24H15Cl5F2N2O2. The summed E-state index contributed by atoms with van der Waals surface area (Å²) < 4.78 is 26.4. The molecule has 182 valence electrons. The number of carbonyl (C=O) groups is 2. The SMILES string of the molecule is Cc1c(Cl)cc(C2C(C(=O)Nc3ccc(Cl)c(C(=O)Nc4c(F)cccc4F)c3)C2(Cl)Cl)cc1Cl. The Hall–Kier alpha value is -2.09. The zero-order chi connectivity index (χ0) is 25.7. The largest absolute Gasteiger partial charge is 0.326 e. The standard InChI is InChI=1S/C24H15Cl5F2N2O2/c1-10-15(26)7-11(8-16(10)27)19-20(24(19,28)29)23(35)32-12-5-6-14(25)13(9-12)22(34)33-21-17(30)3-2-4-18(21)31/h2-9,19-20H,1H3,(H,32,35)(H,33,34). The zero-order valence-electron chi connectivity index (χ0n) is 17.7. The number of benzene rings is 3. The van der Waals surface area contributed by atoms with E-state index in [1.165, 1.54) is 24.3 Å². The molecule has 1 saturated carbocycles. The van der Waals surface area contributed by atoms with Gasteiger partial charge in [0.25, 0.3) is 5.91 Å². The lowest BCUT2D eigenvalue weighted by molar-refractivity contribution is -0.117. The molecular weight excluding hydrogens is 564 g/mol. The summed E-state index contributed by atoms with van der Waals surface area (Å²) in [4.78, 5) is 25.6. The molecule has 35 heavy (non-hydrogen) atoms. The third-order valence-electron chi connectivity index (χ3n) is 5.68. The molecule has 4 rings (SSSR count). The Morgan fingerprint density at radius 3 is 2.09 bits per heavy atom. The minimum Gasteiger partial charge on any atom is -0.326 e. The molecule has 0 radical (unpaired) electrons. The fraction of sp³-hybridized carbons (Fsp3) is 0.167. The van der Waals surface area contributed by atoms with Gasteiger partial charge in [0.2, 0.25) is 5.91 Å². The Bertz CT molecular complexity index is 1320. The number of nitrogens with one attached hydrogen (secondary N) is 2. The average Bonchev–Trinajstić information content (AvgIpc) is 3.37. The van der Waals surface area contributed by atoms with E-state index in [2.05, 4.69) is 10.6 Å². The van der Waals surface area contributed by atoms with Crippen LogP contribution >= 0.6 is 58.0 Å². The van der Waals surface area contributed by atoms with Gasteiger partial charge in [-0.2, -0.15) is 0 Å². The van der Waals surface area contributed by atoms with E-state index in [4.69, 9.17) is 58.0 Å². The zero-order valence-corrected chi connectivity index (χ0v) is 21.5. The molecule has 0 aliphatic heterocycles. The van der Waals surface area contributed by atoms with E-state index in [-0.39, 0.29) is 16.3 Å². The fourth-order valence-corrected chi connectivity index (χ4v) is 5.24. The average molecular weight is 579 g/mol. The highest BCUT2D eigenvalue weighted by molar-refractivity contribution is 6.53. The number of halogens is 7. The molecule has 2 unspecified atom stereocenters. The van der Waals surface area contributed by atoms with Crippen molar-refractivity contribution in [3.63, 3.8) is 0 Å². The van der Waals surface area contributed by atoms with Crippen LogP contribution in [0.4, 0.5) is 20.2 Å². The van der Waals surface area contributed by atoms with Crippen LogP contribution in [0.3, 0.4) is 0 Å². The van der Waals surface area contributed by atoms with Gasteiger partial charge in [-0.25, -0.2) is 8.78 Å². The van der Waals surface area contributed by atoms with E-state index in [0.717, 1.165) is 12.1 Å². The Kier molecular flexibility index (Phi) is 7.24. The van der Waals surface area contributed by atoms with Crippen LogP contribution in [-0.2, 0) is 4.79 Å². The van der Waals surface area contributed by atoms with Crippen molar-refractivity contribution in [3.8, 4) is 0 Å². The molecule has 0 aromatic heterocycles. The third-order valence-corrected chi connectivity index (χ3v) is 7.73. The maximum absolute atomic E-state index is 13.9. The molecule has 2 atom stereocenters. The number of amides is 2. The minimum absolute atomic E-state index is 0.00881. The molecule has 1 aliphatic carbocycles. The molecule has 3 aromatic carbocycles. The summed E-state index contributed by atoms with van der Waals surface area (Å²) in [6.45, 7) is 1.76. The van der Waals surface area contributed by atoms with Crippen LogP contribution in [0.25, 0.3) is 0 Å². The fourth-order valence-electron chi connectivity index (χ4n) is 3.71. The van der Waals surface area contributed by atoms with Crippen molar-refractivity contribution in [1.82, 2.24) is 0 Å². The van der Waals surface area contributed by atoms with Gasteiger partial charge in [0.05, 0.1) is 16.5 Å². The summed E-state index contributed by atoms with van der Waals surface area (Å²) in [7, 11) is 0. The molecule has 11 heteroatoms. The highest BCUT2D eigenvalue weighted by Crippen LogP contribution is 2.65. The van der Waals surface area contributed by atoms with Crippen molar-refractivity contribution in [2.45, 2.75) is 17.2 Å². The van der Waals surface area contributed by atoms with E-state index >= 15 is 0 Å². The van der Waals surface area contributed by atoms with Crippen LogP contribution in [0.15, 0.2) is 48.5 Å². The Labute approximate surface area is 224 Å². The minimum atomic E-state index is -1.40. The van der Waals surface area contributed by atoms with E-state index < -0.39 is 45.3 Å². The van der Waals surface area contributed by atoms with Crippen molar-refractivity contribution >= 4 is 81.2 Å².